The van der Waals surface area contributed by atoms with E-state index in [1.54, 1.807) is 6.07 Å². The molecule has 0 unspecified atom stereocenters. The quantitative estimate of drug-likeness (QED) is 0.439. The minimum absolute atomic E-state index is 0. The van der Waals surface area contributed by atoms with Gasteiger partial charge in [-0.05, 0) is 30.3 Å². The molecule has 0 saturated carbocycles. The number of nitrogens with one attached hydrogen (secondary N) is 2. The third-order valence-electron chi connectivity index (χ3n) is 3.27. The summed E-state index contributed by atoms with van der Waals surface area (Å²) in [5.74, 6) is -0.243. The smallest absolute Gasteiger partial charge is 0.452 e. The molecule has 2 aromatic heterocycles. The summed E-state index contributed by atoms with van der Waals surface area (Å²) >= 11 is 0. The summed E-state index contributed by atoms with van der Waals surface area (Å²) in [5, 5.41) is 2.54. The standard InChI is InChI=1S/C16H14FN2.K/c1-9-6-10(2)18-16(9)8-13-11(3)19-15-5-4-12(17)7-14(13)15;/h4-5,7-8,18-19H,3H2,1-2H3;/q-1;+1/b13-8+;. The van der Waals surface area contributed by atoms with E-state index in [0.29, 0.717) is 0 Å². The van der Waals surface area contributed by atoms with Crippen molar-refractivity contribution in [1.82, 2.24) is 9.97 Å². The van der Waals surface area contributed by atoms with Crippen molar-refractivity contribution in [2.24, 2.45) is 0 Å². The zero-order valence-electron chi connectivity index (χ0n) is 11.9. The first-order valence-corrected chi connectivity index (χ1v) is 6.11. The maximum absolute atomic E-state index is 13.4. The van der Waals surface area contributed by atoms with Crippen LogP contribution in [0.3, 0.4) is 0 Å². The van der Waals surface area contributed by atoms with Gasteiger partial charge in [0.25, 0.3) is 0 Å². The number of aromatic amines is 2. The summed E-state index contributed by atoms with van der Waals surface area (Å²) in [5.41, 5.74) is 3.90. The minimum Gasteiger partial charge on any atom is -0.452 e. The monoisotopic (exact) mass is 292 g/mol. The molecule has 1 aromatic carbocycles. The van der Waals surface area contributed by atoms with E-state index in [0.717, 1.165) is 38.4 Å². The Bertz CT molecular complexity index is 874. The molecule has 0 aliphatic carbocycles. The molecule has 3 rings (SSSR count). The first-order valence-electron chi connectivity index (χ1n) is 6.11. The van der Waals surface area contributed by atoms with Gasteiger partial charge in [-0.3, -0.25) is 0 Å². The van der Waals surface area contributed by atoms with Crippen LogP contribution in [-0.4, -0.2) is 9.97 Å². The molecule has 4 heteroatoms. The van der Waals surface area contributed by atoms with Gasteiger partial charge in [-0.15, -0.1) is 11.8 Å². The van der Waals surface area contributed by atoms with Crippen LogP contribution in [0, 0.1) is 25.7 Å². The number of fused-ring (bicyclic) bond motifs is 1. The Morgan fingerprint density at radius 1 is 1.25 bits per heavy atom. The molecule has 20 heavy (non-hydrogen) atoms. The second-order valence-electron chi connectivity index (χ2n) is 4.77. The molecular formula is C16H14FKN2. The summed E-state index contributed by atoms with van der Waals surface area (Å²) in [7, 11) is 0. The molecule has 0 bridgehead atoms. The van der Waals surface area contributed by atoms with E-state index in [1.165, 1.54) is 12.1 Å². The number of H-pyrrole nitrogens is 2. The largest absolute Gasteiger partial charge is 1.00 e. The maximum Gasteiger partial charge on any atom is 1.00 e. The zero-order valence-corrected chi connectivity index (χ0v) is 15.0. The summed E-state index contributed by atoms with van der Waals surface area (Å²) < 4.78 is 13.4. The molecule has 0 fully saturated rings. The number of benzene rings is 1. The second kappa shape index (κ2) is 5.99. The van der Waals surface area contributed by atoms with E-state index in [9.17, 15) is 4.39 Å². The second-order valence-corrected chi connectivity index (χ2v) is 4.77. The SMILES string of the molecule is C=c1[nH]c2ccc(F)cc2/c1=C/c1[nH]c(C)[c-]c1C.[K+]. The van der Waals surface area contributed by atoms with Gasteiger partial charge in [0.15, 0.2) is 0 Å². The van der Waals surface area contributed by atoms with E-state index in [4.69, 9.17) is 0 Å². The van der Waals surface area contributed by atoms with Gasteiger partial charge >= 0.3 is 51.4 Å². The van der Waals surface area contributed by atoms with Crippen LogP contribution in [0.1, 0.15) is 17.0 Å². The minimum atomic E-state index is -0.243. The zero-order chi connectivity index (χ0) is 13.6. The van der Waals surface area contributed by atoms with Crippen LogP contribution >= 0.6 is 0 Å². The van der Waals surface area contributed by atoms with Gasteiger partial charge in [0, 0.05) is 16.3 Å². The van der Waals surface area contributed by atoms with Crippen LogP contribution in [0.4, 0.5) is 4.39 Å². The molecule has 0 atom stereocenters. The molecule has 0 amide bonds. The number of halogens is 1. The topological polar surface area (TPSA) is 31.6 Å². The molecule has 3 aromatic rings. The van der Waals surface area contributed by atoms with E-state index < -0.39 is 0 Å². The fourth-order valence-corrected chi connectivity index (χ4v) is 2.37. The Balaban J connectivity index is 0.00000147. The Hall–Kier alpha value is -0.654. The van der Waals surface area contributed by atoms with Crippen molar-refractivity contribution in [1.29, 1.82) is 0 Å². The predicted molar refractivity (Wildman–Crippen MR) is 75.7 cm³/mol. The number of hydrogen-bond donors (Lipinski definition) is 2. The first-order chi connectivity index (χ1) is 9.04. The van der Waals surface area contributed by atoms with Crippen LogP contribution in [0.25, 0.3) is 23.6 Å². The molecule has 0 saturated heterocycles. The van der Waals surface area contributed by atoms with Crippen molar-refractivity contribution < 1.29 is 55.8 Å². The summed E-state index contributed by atoms with van der Waals surface area (Å²) in [6.45, 7) is 7.94. The Morgan fingerprint density at radius 2 is 2.00 bits per heavy atom. The number of hydrogen-bond acceptors (Lipinski definition) is 0. The first kappa shape index (κ1) is 15.7. The molecule has 96 valence electrons. The van der Waals surface area contributed by atoms with Crippen LogP contribution in [0.15, 0.2) is 18.2 Å². The third kappa shape index (κ3) is 2.85. The van der Waals surface area contributed by atoms with Gasteiger partial charge in [0.05, 0.1) is 0 Å². The van der Waals surface area contributed by atoms with Crippen molar-refractivity contribution in [3.8, 4) is 0 Å². The van der Waals surface area contributed by atoms with Gasteiger partial charge in [0.2, 0.25) is 0 Å². The van der Waals surface area contributed by atoms with Gasteiger partial charge < -0.3 is 9.97 Å². The van der Waals surface area contributed by atoms with E-state index in [-0.39, 0.29) is 57.2 Å². The van der Waals surface area contributed by atoms with Crippen LogP contribution in [-0.2, 0) is 0 Å². The molecule has 2 heterocycles. The Kier molecular flexibility index (Phi) is 4.71. The average molecular weight is 292 g/mol. The molecule has 0 aliphatic rings. The van der Waals surface area contributed by atoms with E-state index in [1.807, 2.05) is 19.9 Å². The average Bonchev–Trinajstić information content (AvgIpc) is 2.81. The van der Waals surface area contributed by atoms with E-state index in [2.05, 4.69) is 22.6 Å². The van der Waals surface area contributed by atoms with Crippen LogP contribution in [0.2, 0.25) is 0 Å². The predicted octanol–water partition coefficient (Wildman–Crippen LogP) is -0.705. The third-order valence-corrected chi connectivity index (χ3v) is 3.27. The van der Waals surface area contributed by atoms with Crippen LogP contribution in [0.5, 0.6) is 0 Å². The summed E-state index contributed by atoms with van der Waals surface area (Å²) in [6, 6.07) is 7.91. The van der Waals surface area contributed by atoms with E-state index >= 15 is 0 Å². The maximum atomic E-state index is 13.4. The molecule has 0 radical (unpaired) electrons. The van der Waals surface area contributed by atoms with Crippen molar-refractivity contribution >= 4 is 23.6 Å². The molecular weight excluding hydrogens is 278 g/mol. The number of aryl methyl sites for hydroxylation is 2. The summed E-state index contributed by atoms with van der Waals surface area (Å²) in [4.78, 5) is 6.41. The number of aromatic nitrogens is 2. The van der Waals surface area contributed by atoms with Crippen molar-refractivity contribution in [2.75, 3.05) is 0 Å². The number of rotatable bonds is 1. The Labute approximate surface area is 159 Å². The molecule has 0 aliphatic heterocycles. The fourth-order valence-electron chi connectivity index (χ4n) is 2.37. The van der Waals surface area contributed by atoms with Crippen molar-refractivity contribution in [2.45, 2.75) is 13.8 Å². The fraction of sp³-hybridized carbons (Fsp3) is 0.125. The Morgan fingerprint density at radius 3 is 2.65 bits per heavy atom. The van der Waals surface area contributed by atoms with Gasteiger partial charge in [-0.1, -0.05) is 19.2 Å². The van der Waals surface area contributed by atoms with Gasteiger partial charge in [-0.25, -0.2) is 10.5 Å². The summed E-state index contributed by atoms with van der Waals surface area (Å²) in [6.07, 6.45) is 1.99. The molecule has 0 spiro atoms. The van der Waals surface area contributed by atoms with Crippen LogP contribution < -0.4 is 62.0 Å². The molecule has 2 nitrogen and oxygen atoms in total. The van der Waals surface area contributed by atoms with Crippen molar-refractivity contribution in [3.63, 3.8) is 0 Å². The molecule has 2 N–H and O–H groups in total. The van der Waals surface area contributed by atoms with Gasteiger partial charge in [-0.2, -0.15) is 5.56 Å². The normalized spacial score (nSPS) is 11.8. The van der Waals surface area contributed by atoms with Crippen molar-refractivity contribution in [3.05, 3.63) is 57.6 Å². The van der Waals surface area contributed by atoms with Gasteiger partial charge in [0.1, 0.15) is 5.82 Å².